The highest BCUT2D eigenvalue weighted by atomic mass is 32.2. The van der Waals surface area contributed by atoms with Gasteiger partial charge >= 0.3 is 0 Å². The van der Waals surface area contributed by atoms with Crippen LogP contribution in [0.3, 0.4) is 0 Å². The standard InChI is InChI=1S/C10H15NOS/c1-3-8-6-10(8)7(2)11-13(12)9-4-5-9/h3,8-11H,1-2,4-6H2. The number of rotatable bonds is 5. The molecule has 0 amide bonds. The summed E-state index contributed by atoms with van der Waals surface area (Å²) in [6, 6.07) is 0. The third-order valence-electron chi connectivity index (χ3n) is 2.65. The molecule has 0 radical (unpaired) electrons. The van der Waals surface area contributed by atoms with Crippen molar-refractivity contribution in [1.82, 2.24) is 4.72 Å². The number of allylic oxidation sites excluding steroid dienone is 2. The Balaban J connectivity index is 1.78. The largest absolute Gasteiger partial charge is 0.309 e. The van der Waals surface area contributed by atoms with E-state index in [1.54, 1.807) is 0 Å². The highest BCUT2D eigenvalue weighted by Gasteiger charge is 2.38. The molecule has 13 heavy (non-hydrogen) atoms. The summed E-state index contributed by atoms with van der Waals surface area (Å²) in [7, 11) is -0.872. The molecule has 2 fully saturated rings. The van der Waals surface area contributed by atoms with Crippen LogP contribution in [0.2, 0.25) is 0 Å². The fourth-order valence-electron chi connectivity index (χ4n) is 1.45. The minimum Gasteiger partial charge on any atom is -0.309 e. The van der Waals surface area contributed by atoms with E-state index in [9.17, 15) is 4.21 Å². The Kier molecular flexibility index (Phi) is 2.28. The third-order valence-corrected chi connectivity index (χ3v) is 4.19. The Morgan fingerprint density at radius 3 is 2.69 bits per heavy atom. The van der Waals surface area contributed by atoms with E-state index in [1.165, 1.54) is 0 Å². The van der Waals surface area contributed by atoms with Crippen LogP contribution in [0.25, 0.3) is 0 Å². The summed E-state index contributed by atoms with van der Waals surface area (Å²) in [6.45, 7) is 7.65. The lowest BCUT2D eigenvalue weighted by Crippen LogP contribution is -2.20. The predicted octanol–water partition coefficient (Wildman–Crippen LogP) is 1.74. The van der Waals surface area contributed by atoms with Crippen molar-refractivity contribution in [1.29, 1.82) is 0 Å². The molecule has 3 atom stereocenters. The molecule has 0 aliphatic heterocycles. The second-order valence-electron chi connectivity index (χ2n) is 3.87. The van der Waals surface area contributed by atoms with Gasteiger partial charge in [0.05, 0.1) is 5.25 Å². The first-order valence-corrected chi connectivity index (χ1v) is 5.92. The molecule has 0 aromatic heterocycles. The van der Waals surface area contributed by atoms with Gasteiger partial charge in [0.15, 0.2) is 0 Å². The predicted molar refractivity (Wildman–Crippen MR) is 55.2 cm³/mol. The van der Waals surface area contributed by atoms with Crippen LogP contribution in [-0.4, -0.2) is 9.46 Å². The summed E-state index contributed by atoms with van der Waals surface area (Å²) < 4.78 is 14.5. The first-order chi connectivity index (χ1) is 6.22. The van der Waals surface area contributed by atoms with Crippen LogP contribution in [0.5, 0.6) is 0 Å². The summed E-state index contributed by atoms with van der Waals surface area (Å²) in [5, 5.41) is 0.387. The molecule has 0 bridgehead atoms. The topological polar surface area (TPSA) is 29.1 Å². The highest BCUT2D eigenvalue weighted by molar-refractivity contribution is 7.84. The first-order valence-electron chi connectivity index (χ1n) is 4.71. The van der Waals surface area contributed by atoms with Crippen molar-refractivity contribution in [3.05, 3.63) is 24.9 Å². The van der Waals surface area contributed by atoms with Crippen molar-refractivity contribution in [3.63, 3.8) is 0 Å². The lowest BCUT2D eigenvalue weighted by molar-refractivity contribution is 0.674. The Hall–Kier alpha value is -0.570. The minimum absolute atomic E-state index is 0.387. The molecule has 0 aromatic carbocycles. The van der Waals surface area contributed by atoms with Gasteiger partial charge in [-0.1, -0.05) is 12.7 Å². The van der Waals surface area contributed by atoms with Crippen LogP contribution >= 0.6 is 0 Å². The van der Waals surface area contributed by atoms with Gasteiger partial charge in [0.1, 0.15) is 11.0 Å². The number of hydrogen-bond donors (Lipinski definition) is 1. The van der Waals surface area contributed by atoms with Crippen LogP contribution in [0, 0.1) is 11.8 Å². The average molecular weight is 197 g/mol. The van der Waals surface area contributed by atoms with Crippen LogP contribution in [0.4, 0.5) is 0 Å². The zero-order valence-electron chi connectivity index (χ0n) is 7.66. The molecule has 3 unspecified atom stereocenters. The number of hydrogen-bond acceptors (Lipinski definition) is 1. The van der Waals surface area contributed by atoms with Gasteiger partial charge in [0.25, 0.3) is 0 Å². The van der Waals surface area contributed by atoms with Crippen molar-refractivity contribution in [2.45, 2.75) is 24.5 Å². The minimum atomic E-state index is -0.872. The summed E-state index contributed by atoms with van der Waals surface area (Å²) in [5.41, 5.74) is 0.940. The fourth-order valence-corrected chi connectivity index (χ4v) is 2.59. The van der Waals surface area contributed by atoms with Gasteiger partial charge in [0.2, 0.25) is 0 Å². The van der Waals surface area contributed by atoms with E-state index in [-0.39, 0.29) is 0 Å². The third kappa shape index (κ3) is 2.02. The van der Waals surface area contributed by atoms with E-state index in [0.29, 0.717) is 17.1 Å². The van der Waals surface area contributed by atoms with E-state index < -0.39 is 11.0 Å². The maximum Gasteiger partial charge on any atom is 0.120 e. The zero-order valence-corrected chi connectivity index (χ0v) is 8.48. The Labute approximate surface area is 81.7 Å². The van der Waals surface area contributed by atoms with E-state index >= 15 is 0 Å². The summed E-state index contributed by atoms with van der Waals surface area (Å²) in [5.74, 6) is 1.05. The van der Waals surface area contributed by atoms with Crippen molar-refractivity contribution < 1.29 is 4.21 Å². The summed E-state index contributed by atoms with van der Waals surface area (Å²) >= 11 is 0. The Bertz CT molecular complexity index is 270. The van der Waals surface area contributed by atoms with E-state index in [2.05, 4.69) is 17.9 Å². The monoisotopic (exact) mass is 197 g/mol. The smallest absolute Gasteiger partial charge is 0.120 e. The molecule has 0 heterocycles. The molecular weight excluding hydrogens is 182 g/mol. The zero-order chi connectivity index (χ0) is 9.42. The SMILES string of the molecule is C=CC1CC1C(=C)NS(=O)C1CC1. The highest BCUT2D eigenvalue weighted by Crippen LogP contribution is 2.43. The van der Waals surface area contributed by atoms with Gasteiger partial charge in [0, 0.05) is 11.6 Å². The molecule has 2 nitrogen and oxygen atoms in total. The van der Waals surface area contributed by atoms with Gasteiger partial charge < -0.3 is 4.72 Å². The molecule has 2 aliphatic rings. The van der Waals surface area contributed by atoms with Gasteiger partial charge in [-0.2, -0.15) is 0 Å². The van der Waals surface area contributed by atoms with Crippen molar-refractivity contribution in [3.8, 4) is 0 Å². The van der Waals surface area contributed by atoms with Crippen LogP contribution in [0.15, 0.2) is 24.9 Å². The van der Waals surface area contributed by atoms with Crippen molar-refractivity contribution in [2.24, 2.45) is 11.8 Å². The van der Waals surface area contributed by atoms with Crippen LogP contribution in [-0.2, 0) is 11.0 Å². The lowest BCUT2D eigenvalue weighted by Gasteiger charge is -2.06. The molecule has 1 N–H and O–H groups in total. The molecule has 3 heteroatoms. The van der Waals surface area contributed by atoms with Gasteiger partial charge in [-0.15, -0.1) is 6.58 Å². The second kappa shape index (κ2) is 3.29. The van der Waals surface area contributed by atoms with Gasteiger partial charge in [-0.05, 0) is 25.2 Å². The molecular formula is C10H15NOS. The van der Waals surface area contributed by atoms with E-state index in [4.69, 9.17) is 0 Å². The van der Waals surface area contributed by atoms with Crippen molar-refractivity contribution >= 4 is 11.0 Å². The van der Waals surface area contributed by atoms with E-state index in [1.807, 2.05) is 6.08 Å². The van der Waals surface area contributed by atoms with Gasteiger partial charge in [-0.3, -0.25) is 0 Å². The maximum absolute atomic E-state index is 11.5. The number of nitrogens with one attached hydrogen (secondary N) is 1. The van der Waals surface area contributed by atoms with Crippen molar-refractivity contribution in [2.75, 3.05) is 0 Å². The molecule has 2 aliphatic carbocycles. The van der Waals surface area contributed by atoms with Gasteiger partial charge in [-0.25, -0.2) is 4.21 Å². The summed E-state index contributed by atoms with van der Waals surface area (Å²) in [6.07, 6.45) is 5.28. The van der Waals surface area contributed by atoms with Crippen LogP contribution < -0.4 is 4.72 Å². The molecule has 2 rings (SSSR count). The molecule has 0 aromatic rings. The van der Waals surface area contributed by atoms with Crippen LogP contribution in [0.1, 0.15) is 19.3 Å². The molecule has 2 saturated carbocycles. The Morgan fingerprint density at radius 1 is 1.54 bits per heavy atom. The Morgan fingerprint density at radius 2 is 2.23 bits per heavy atom. The fraction of sp³-hybridized carbons (Fsp3) is 0.600. The lowest BCUT2D eigenvalue weighted by atomic mass is 10.3. The molecule has 0 saturated heterocycles. The molecule has 72 valence electrons. The normalized spacial score (nSPS) is 33.5. The molecule has 0 spiro atoms. The summed E-state index contributed by atoms with van der Waals surface area (Å²) in [4.78, 5) is 0. The average Bonchev–Trinajstić information content (AvgIpc) is 2.98. The van der Waals surface area contributed by atoms with E-state index in [0.717, 1.165) is 25.0 Å². The second-order valence-corrected chi connectivity index (χ2v) is 5.33. The first kappa shape index (κ1) is 9.00. The maximum atomic E-state index is 11.5. The quantitative estimate of drug-likeness (QED) is 0.668.